The molecule has 0 unspecified atom stereocenters. The van der Waals surface area contributed by atoms with Gasteiger partial charge >= 0.3 is 0 Å². The molecule has 182 valence electrons. The molecule has 3 aromatic rings. The monoisotopic (exact) mass is 492 g/mol. The largest absolute Gasteiger partial charge is 0.391 e. The van der Waals surface area contributed by atoms with E-state index in [4.69, 9.17) is 0 Å². The minimum absolute atomic E-state index is 0.0568. The highest BCUT2D eigenvalue weighted by Gasteiger charge is 2.37. The van der Waals surface area contributed by atoms with Crippen LogP contribution in [0.15, 0.2) is 30.5 Å². The summed E-state index contributed by atoms with van der Waals surface area (Å²) in [6.07, 6.45) is 0.650. The first kappa shape index (κ1) is 22.9. The average molecular weight is 493 g/mol. The number of halogens is 2. The van der Waals surface area contributed by atoms with E-state index in [0.29, 0.717) is 54.4 Å². The number of aliphatic hydroxyl groups excluding tert-OH is 1. The molecule has 3 heterocycles. The molecule has 2 aromatic heterocycles. The Balaban J connectivity index is 1.55. The fraction of sp³-hybridized carbons (Fsp3) is 0.500. The smallest absolute Gasteiger partial charge is 0.263 e. The van der Waals surface area contributed by atoms with Crippen LogP contribution in [0.3, 0.4) is 0 Å². The minimum atomic E-state index is -3.10. The summed E-state index contributed by atoms with van der Waals surface area (Å²) in [7, 11) is -3.10. The van der Waals surface area contributed by atoms with Gasteiger partial charge in [-0.05, 0) is 25.0 Å². The lowest BCUT2D eigenvalue weighted by molar-refractivity contribution is 0.151. The summed E-state index contributed by atoms with van der Waals surface area (Å²) in [5.74, 6) is 0.952. The Morgan fingerprint density at radius 1 is 1.21 bits per heavy atom. The molecule has 1 aliphatic heterocycles. The first-order valence-corrected chi connectivity index (χ1v) is 13.1. The zero-order chi connectivity index (χ0) is 24.2. The molecule has 34 heavy (non-hydrogen) atoms. The molecule has 0 spiro atoms. The molecule has 9 nitrogen and oxygen atoms in total. The third-order valence-electron chi connectivity index (χ3n) is 6.68. The number of β-amino-alcohol motifs (C(OH)–C–C–N with tert-alkyl or cyclic N) is 1. The van der Waals surface area contributed by atoms with Crippen molar-refractivity contribution in [3.05, 3.63) is 36.0 Å². The van der Waals surface area contributed by atoms with E-state index in [1.165, 1.54) is 23.1 Å². The molecule has 1 aromatic carbocycles. The Bertz CT molecular complexity index is 1320. The minimum Gasteiger partial charge on any atom is -0.391 e. The number of sulfone groups is 1. The maximum absolute atomic E-state index is 13.3. The first-order chi connectivity index (χ1) is 16.1. The van der Waals surface area contributed by atoms with Crippen LogP contribution in [0, 0.1) is 5.92 Å². The van der Waals surface area contributed by atoms with Crippen molar-refractivity contribution in [2.24, 2.45) is 5.92 Å². The molecule has 0 bridgehead atoms. The lowest BCUT2D eigenvalue weighted by Gasteiger charge is -2.34. The Morgan fingerprint density at radius 2 is 1.97 bits per heavy atom. The van der Waals surface area contributed by atoms with Gasteiger partial charge in [-0.25, -0.2) is 21.9 Å². The number of aliphatic hydroxyl groups is 1. The van der Waals surface area contributed by atoms with Crippen LogP contribution in [0.1, 0.15) is 31.8 Å². The Morgan fingerprint density at radius 3 is 2.62 bits per heavy atom. The lowest BCUT2D eigenvalue weighted by atomic mass is 9.92. The van der Waals surface area contributed by atoms with Crippen LogP contribution >= 0.6 is 0 Å². The molecule has 1 aliphatic carbocycles. The summed E-state index contributed by atoms with van der Waals surface area (Å²) >= 11 is 0. The molecule has 5 rings (SSSR count). The second-order valence-electron chi connectivity index (χ2n) is 9.27. The number of rotatable bonds is 6. The van der Waals surface area contributed by atoms with Gasteiger partial charge in [0.1, 0.15) is 15.7 Å². The van der Waals surface area contributed by atoms with Crippen LogP contribution in [0.2, 0.25) is 0 Å². The van der Waals surface area contributed by atoms with E-state index < -0.39 is 22.4 Å². The van der Waals surface area contributed by atoms with Crippen molar-refractivity contribution in [2.45, 2.75) is 43.6 Å². The third kappa shape index (κ3) is 4.20. The highest BCUT2D eigenvalue weighted by Crippen LogP contribution is 2.33. The van der Waals surface area contributed by atoms with Crippen LogP contribution in [0.4, 0.5) is 20.5 Å². The highest BCUT2D eigenvalue weighted by atomic mass is 32.2. The van der Waals surface area contributed by atoms with Crippen molar-refractivity contribution in [3.63, 3.8) is 0 Å². The van der Waals surface area contributed by atoms with Gasteiger partial charge in [0, 0.05) is 36.9 Å². The van der Waals surface area contributed by atoms with Gasteiger partial charge in [0.25, 0.3) is 6.43 Å². The van der Waals surface area contributed by atoms with Gasteiger partial charge in [0.2, 0.25) is 5.95 Å². The van der Waals surface area contributed by atoms with Gasteiger partial charge < -0.3 is 15.3 Å². The molecule has 0 radical (unpaired) electrons. The first-order valence-electron chi connectivity index (χ1n) is 11.1. The van der Waals surface area contributed by atoms with Gasteiger partial charge in [-0.15, -0.1) is 0 Å². The van der Waals surface area contributed by atoms with E-state index in [-0.39, 0.29) is 22.8 Å². The highest BCUT2D eigenvalue weighted by molar-refractivity contribution is 7.91. The molecule has 0 amide bonds. The number of fused-ring (bicyclic) bond motifs is 1. The topological polar surface area (TPSA) is 113 Å². The zero-order valence-corrected chi connectivity index (χ0v) is 19.6. The summed E-state index contributed by atoms with van der Waals surface area (Å²) in [6, 6.07) is 5.86. The lowest BCUT2D eigenvalue weighted by Crippen LogP contribution is -2.43. The standard InChI is InChI=1S/C22H26F2N6O3S/c1-12-10-29(11-18(12)31)20-17-9-25-30(15-5-3-4-13(6-15)19(23)24)21(17)28-22(27-20)26-14-7-16(8-14)34(2,32)33/h3-6,9,12,14,16,18-19,31H,7-8,10-11H2,1-2H3,(H,26,27,28)/t12-,14?,16?,18-/m0/s1. The average Bonchev–Trinajstić information content (AvgIpc) is 3.32. The number of anilines is 2. The fourth-order valence-electron chi connectivity index (χ4n) is 4.52. The molecule has 2 aliphatic rings. The number of nitrogens with one attached hydrogen (secondary N) is 1. The Kier molecular flexibility index (Phi) is 5.67. The fourth-order valence-corrected chi connectivity index (χ4v) is 5.68. The van der Waals surface area contributed by atoms with Crippen molar-refractivity contribution in [1.29, 1.82) is 0 Å². The number of hydrogen-bond donors (Lipinski definition) is 2. The quantitative estimate of drug-likeness (QED) is 0.540. The second-order valence-corrected chi connectivity index (χ2v) is 11.6. The predicted octanol–water partition coefficient (Wildman–Crippen LogP) is 2.56. The maximum atomic E-state index is 13.3. The number of nitrogens with zero attached hydrogens (tertiary/aromatic N) is 5. The van der Waals surface area contributed by atoms with Crippen LogP contribution in [0.25, 0.3) is 16.7 Å². The molecule has 2 fully saturated rings. The number of aromatic nitrogens is 4. The maximum Gasteiger partial charge on any atom is 0.263 e. The molecule has 2 N–H and O–H groups in total. The van der Waals surface area contributed by atoms with E-state index in [2.05, 4.69) is 20.4 Å². The normalized spacial score (nSPS) is 25.2. The van der Waals surface area contributed by atoms with Crippen LogP contribution in [-0.2, 0) is 9.84 Å². The second kappa shape index (κ2) is 8.42. The van der Waals surface area contributed by atoms with E-state index in [0.717, 1.165) is 0 Å². The summed E-state index contributed by atoms with van der Waals surface area (Å²) in [5, 5.41) is 18.2. The van der Waals surface area contributed by atoms with Crippen LogP contribution in [-0.4, -0.2) is 70.0 Å². The van der Waals surface area contributed by atoms with E-state index in [1.54, 1.807) is 18.3 Å². The van der Waals surface area contributed by atoms with Gasteiger partial charge in [-0.2, -0.15) is 15.1 Å². The zero-order valence-electron chi connectivity index (χ0n) is 18.8. The molecule has 2 atom stereocenters. The number of benzene rings is 1. The number of hydrogen-bond acceptors (Lipinski definition) is 8. The van der Waals surface area contributed by atoms with Gasteiger partial charge in [-0.3, -0.25) is 0 Å². The number of alkyl halides is 2. The van der Waals surface area contributed by atoms with Crippen molar-refractivity contribution >= 4 is 32.6 Å². The third-order valence-corrected chi connectivity index (χ3v) is 8.28. The van der Waals surface area contributed by atoms with Crippen molar-refractivity contribution in [1.82, 2.24) is 19.7 Å². The summed E-state index contributed by atoms with van der Waals surface area (Å²) < 4.78 is 51.6. The Hall–Kier alpha value is -2.86. The summed E-state index contributed by atoms with van der Waals surface area (Å²) in [6.45, 7) is 2.96. The molecule has 1 saturated heterocycles. The predicted molar refractivity (Wildman–Crippen MR) is 124 cm³/mol. The summed E-state index contributed by atoms with van der Waals surface area (Å²) in [5.41, 5.74) is 0.762. The molecule has 12 heteroatoms. The van der Waals surface area contributed by atoms with Gasteiger partial charge in [-0.1, -0.05) is 19.1 Å². The van der Waals surface area contributed by atoms with E-state index in [1.807, 2.05) is 11.8 Å². The van der Waals surface area contributed by atoms with Gasteiger partial charge in [0.05, 0.1) is 28.6 Å². The van der Waals surface area contributed by atoms with Gasteiger partial charge in [0.15, 0.2) is 5.65 Å². The summed E-state index contributed by atoms with van der Waals surface area (Å²) in [4.78, 5) is 11.3. The van der Waals surface area contributed by atoms with Crippen molar-refractivity contribution in [2.75, 3.05) is 29.6 Å². The van der Waals surface area contributed by atoms with Crippen molar-refractivity contribution < 1.29 is 22.3 Å². The SMILES string of the molecule is C[C@H]1CN(c2nc(NC3CC(S(C)(=O)=O)C3)nc3c2cnn3-c2cccc(C(F)F)c2)C[C@@H]1O. The molecule has 1 saturated carbocycles. The van der Waals surface area contributed by atoms with E-state index in [9.17, 15) is 22.3 Å². The van der Waals surface area contributed by atoms with Crippen LogP contribution in [0.5, 0.6) is 0 Å². The van der Waals surface area contributed by atoms with Crippen LogP contribution < -0.4 is 10.2 Å². The Labute approximate surface area is 195 Å². The van der Waals surface area contributed by atoms with Crippen molar-refractivity contribution in [3.8, 4) is 5.69 Å². The van der Waals surface area contributed by atoms with E-state index >= 15 is 0 Å². The molecular weight excluding hydrogens is 466 g/mol. The molecular formula is C22H26F2N6O3S.